The highest BCUT2D eigenvalue weighted by molar-refractivity contribution is 5.82. The predicted molar refractivity (Wildman–Crippen MR) is 81.8 cm³/mol. The van der Waals surface area contributed by atoms with E-state index in [0.29, 0.717) is 12.5 Å². The lowest BCUT2D eigenvalue weighted by atomic mass is 10.2. The van der Waals surface area contributed by atoms with E-state index < -0.39 is 0 Å². The maximum absolute atomic E-state index is 5.75. The van der Waals surface area contributed by atoms with E-state index in [1.807, 2.05) is 48.5 Å². The molecule has 0 aliphatic rings. The second-order valence-corrected chi connectivity index (χ2v) is 4.69. The van der Waals surface area contributed by atoms with Crippen molar-refractivity contribution in [2.75, 3.05) is 12.3 Å². The van der Waals surface area contributed by atoms with Gasteiger partial charge in [-0.3, -0.25) is 0 Å². The Labute approximate surface area is 118 Å². The van der Waals surface area contributed by atoms with E-state index in [-0.39, 0.29) is 0 Å². The van der Waals surface area contributed by atoms with Crippen LogP contribution >= 0.6 is 0 Å². The van der Waals surface area contributed by atoms with Crippen LogP contribution in [0.5, 0.6) is 5.88 Å². The van der Waals surface area contributed by atoms with E-state index in [9.17, 15) is 0 Å². The molecule has 0 bridgehead atoms. The Balaban J connectivity index is 1.67. The minimum absolute atomic E-state index is 0.623. The third-order valence-electron chi connectivity index (χ3n) is 3.17. The molecule has 0 amide bonds. The number of hydrogen-bond acceptors (Lipinski definition) is 3. The molecule has 0 aliphatic carbocycles. The van der Waals surface area contributed by atoms with Gasteiger partial charge in [-0.25, -0.2) is 4.98 Å². The molecule has 0 aliphatic heterocycles. The first-order chi connectivity index (χ1) is 9.81. The Kier molecular flexibility index (Phi) is 3.50. The molecule has 0 unspecified atom stereocenters. The van der Waals surface area contributed by atoms with Crippen LogP contribution < -0.4 is 10.5 Å². The second kappa shape index (κ2) is 5.61. The minimum Gasteiger partial charge on any atom is -0.477 e. The molecule has 100 valence electrons. The van der Waals surface area contributed by atoms with Crippen molar-refractivity contribution in [2.45, 2.75) is 6.42 Å². The molecule has 0 spiro atoms. The van der Waals surface area contributed by atoms with Gasteiger partial charge in [0.2, 0.25) is 5.88 Å². The van der Waals surface area contributed by atoms with Gasteiger partial charge in [0.1, 0.15) is 0 Å². The maximum Gasteiger partial charge on any atom is 0.213 e. The molecule has 0 fully saturated rings. The average Bonchev–Trinajstić information content (AvgIpc) is 2.48. The van der Waals surface area contributed by atoms with Gasteiger partial charge in [-0.15, -0.1) is 0 Å². The smallest absolute Gasteiger partial charge is 0.213 e. The Morgan fingerprint density at radius 2 is 1.80 bits per heavy atom. The summed E-state index contributed by atoms with van der Waals surface area (Å²) in [5.41, 5.74) is 8.66. The van der Waals surface area contributed by atoms with E-state index in [2.05, 4.69) is 17.1 Å². The zero-order valence-corrected chi connectivity index (χ0v) is 11.1. The molecule has 20 heavy (non-hydrogen) atoms. The van der Waals surface area contributed by atoms with E-state index in [1.165, 1.54) is 5.56 Å². The van der Waals surface area contributed by atoms with E-state index in [1.54, 1.807) is 0 Å². The predicted octanol–water partition coefficient (Wildman–Crippen LogP) is 3.44. The van der Waals surface area contributed by atoms with Crippen LogP contribution in [0.4, 0.5) is 5.69 Å². The summed E-state index contributed by atoms with van der Waals surface area (Å²) in [5, 5.41) is 1.03. The molecular formula is C17H16N2O. The quantitative estimate of drug-likeness (QED) is 0.734. The van der Waals surface area contributed by atoms with Gasteiger partial charge >= 0.3 is 0 Å². The number of aromatic nitrogens is 1. The number of ether oxygens (including phenoxy) is 1. The van der Waals surface area contributed by atoms with Crippen molar-refractivity contribution in [3.8, 4) is 5.88 Å². The largest absolute Gasteiger partial charge is 0.477 e. The van der Waals surface area contributed by atoms with Gasteiger partial charge in [-0.05, 0) is 29.8 Å². The van der Waals surface area contributed by atoms with Crippen LogP contribution in [0.15, 0.2) is 60.7 Å². The lowest BCUT2D eigenvalue weighted by Gasteiger charge is -2.06. The molecule has 0 radical (unpaired) electrons. The lowest BCUT2D eigenvalue weighted by Crippen LogP contribution is -2.02. The topological polar surface area (TPSA) is 48.1 Å². The summed E-state index contributed by atoms with van der Waals surface area (Å²) in [4.78, 5) is 4.47. The standard InChI is InChI=1S/C17H16N2O/c18-15-7-8-16-14(12-15)6-9-17(19-16)20-11-10-13-4-2-1-3-5-13/h1-9,12H,10-11,18H2. The molecule has 3 aromatic rings. The van der Waals surface area contributed by atoms with E-state index in [4.69, 9.17) is 10.5 Å². The maximum atomic E-state index is 5.75. The van der Waals surface area contributed by atoms with Crippen molar-refractivity contribution in [2.24, 2.45) is 0 Å². The van der Waals surface area contributed by atoms with Gasteiger partial charge < -0.3 is 10.5 Å². The fourth-order valence-electron chi connectivity index (χ4n) is 2.12. The molecule has 0 saturated carbocycles. The van der Waals surface area contributed by atoms with Crippen LogP contribution in [-0.2, 0) is 6.42 Å². The normalized spacial score (nSPS) is 10.6. The van der Waals surface area contributed by atoms with Crippen LogP contribution in [0.1, 0.15) is 5.56 Å². The van der Waals surface area contributed by atoms with E-state index in [0.717, 1.165) is 23.0 Å². The summed E-state index contributed by atoms with van der Waals surface area (Å²) in [6, 6.07) is 19.8. The summed E-state index contributed by atoms with van der Waals surface area (Å²) in [6.45, 7) is 0.623. The highest BCUT2D eigenvalue weighted by Crippen LogP contribution is 2.19. The number of rotatable bonds is 4. The Morgan fingerprint density at radius 1 is 0.950 bits per heavy atom. The zero-order chi connectivity index (χ0) is 13.8. The summed E-state index contributed by atoms with van der Waals surface area (Å²) < 4.78 is 5.71. The Bertz CT molecular complexity index is 711. The second-order valence-electron chi connectivity index (χ2n) is 4.69. The van der Waals surface area contributed by atoms with Gasteiger partial charge in [-0.2, -0.15) is 0 Å². The summed E-state index contributed by atoms with van der Waals surface area (Å²) in [7, 11) is 0. The van der Waals surface area contributed by atoms with Crippen molar-refractivity contribution < 1.29 is 4.74 Å². The molecule has 0 atom stereocenters. The highest BCUT2D eigenvalue weighted by atomic mass is 16.5. The number of nitrogens with zero attached hydrogens (tertiary/aromatic N) is 1. The minimum atomic E-state index is 0.623. The van der Waals surface area contributed by atoms with Crippen LogP contribution in [0.2, 0.25) is 0 Å². The van der Waals surface area contributed by atoms with Gasteiger partial charge in [0.25, 0.3) is 0 Å². The molecular weight excluding hydrogens is 248 g/mol. The fraction of sp³-hybridized carbons (Fsp3) is 0.118. The van der Waals surface area contributed by atoms with Crippen LogP contribution in [0.25, 0.3) is 10.9 Å². The number of benzene rings is 2. The van der Waals surface area contributed by atoms with Crippen molar-refractivity contribution in [1.82, 2.24) is 4.98 Å². The third-order valence-corrected chi connectivity index (χ3v) is 3.17. The fourth-order valence-corrected chi connectivity index (χ4v) is 2.12. The number of nitrogen functional groups attached to an aromatic ring is 1. The number of fused-ring (bicyclic) bond motifs is 1. The number of nitrogens with two attached hydrogens (primary N) is 1. The van der Waals surface area contributed by atoms with Crippen LogP contribution in [0.3, 0.4) is 0 Å². The first-order valence-electron chi connectivity index (χ1n) is 6.64. The molecule has 2 aromatic carbocycles. The molecule has 0 saturated heterocycles. The van der Waals surface area contributed by atoms with Crippen molar-refractivity contribution >= 4 is 16.6 Å². The number of hydrogen-bond donors (Lipinski definition) is 1. The first kappa shape index (κ1) is 12.5. The van der Waals surface area contributed by atoms with Crippen LogP contribution in [-0.4, -0.2) is 11.6 Å². The Hall–Kier alpha value is -2.55. The number of anilines is 1. The monoisotopic (exact) mass is 264 g/mol. The molecule has 1 aromatic heterocycles. The van der Waals surface area contributed by atoms with Gasteiger partial charge in [0, 0.05) is 23.6 Å². The zero-order valence-electron chi connectivity index (χ0n) is 11.1. The van der Waals surface area contributed by atoms with Gasteiger partial charge in [-0.1, -0.05) is 30.3 Å². The number of pyridine rings is 1. The van der Waals surface area contributed by atoms with E-state index >= 15 is 0 Å². The van der Waals surface area contributed by atoms with Crippen LogP contribution in [0, 0.1) is 0 Å². The summed E-state index contributed by atoms with van der Waals surface area (Å²) in [6.07, 6.45) is 0.877. The summed E-state index contributed by atoms with van der Waals surface area (Å²) >= 11 is 0. The molecule has 3 rings (SSSR count). The molecule has 1 heterocycles. The molecule has 3 nitrogen and oxygen atoms in total. The van der Waals surface area contributed by atoms with Gasteiger partial charge in [0.15, 0.2) is 0 Å². The van der Waals surface area contributed by atoms with Crippen molar-refractivity contribution in [3.63, 3.8) is 0 Å². The Morgan fingerprint density at radius 3 is 2.65 bits per heavy atom. The lowest BCUT2D eigenvalue weighted by molar-refractivity contribution is 0.311. The molecule has 2 N–H and O–H groups in total. The first-order valence-corrected chi connectivity index (χ1v) is 6.64. The summed E-state index contributed by atoms with van der Waals surface area (Å²) in [5.74, 6) is 0.651. The highest BCUT2D eigenvalue weighted by Gasteiger charge is 2.00. The average molecular weight is 264 g/mol. The van der Waals surface area contributed by atoms with Gasteiger partial charge in [0.05, 0.1) is 12.1 Å². The van der Waals surface area contributed by atoms with Crippen molar-refractivity contribution in [3.05, 3.63) is 66.2 Å². The molecule has 3 heteroatoms. The SMILES string of the molecule is Nc1ccc2nc(OCCc3ccccc3)ccc2c1. The third kappa shape index (κ3) is 2.88. The van der Waals surface area contributed by atoms with Crippen molar-refractivity contribution in [1.29, 1.82) is 0 Å².